The Labute approximate surface area is 391 Å². The van der Waals surface area contributed by atoms with Crippen molar-refractivity contribution in [1.29, 1.82) is 0 Å². The van der Waals surface area contributed by atoms with Crippen LogP contribution >= 0.6 is 0 Å². The number of unbranched alkanes of at least 4 members (excludes halogenated alkanes) is 22. The van der Waals surface area contributed by atoms with Gasteiger partial charge in [0.05, 0.1) is 0 Å². The largest absolute Gasteiger partial charge is 4.00 e. The van der Waals surface area contributed by atoms with Gasteiger partial charge in [-0.05, 0) is 48.6 Å². The molecular weight excluding hydrogens is 792 g/mol. The van der Waals surface area contributed by atoms with E-state index in [2.05, 4.69) is 53.7 Å². The molecule has 0 amide bonds. The molecule has 0 heterocycles. The summed E-state index contributed by atoms with van der Waals surface area (Å²) in [5, 5.41) is 41.1. The number of rotatable bonds is 32. The fourth-order valence-corrected chi connectivity index (χ4v) is 7.07. The molecule has 0 radical (unpaired) electrons. The molecule has 61 heavy (non-hydrogen) atoms. The van der Waals surface area contributed by atoms with E-state index in [-0.39, 0.29) is 45.7 Å². The van der Waals surface area contributed by atoms with Crippen LogP contribution in [0.3, 0.4) is 0 Å². The van der Waals surface area contributed by atoms with Crippen molar-refractivity contribution in [1.82, 2.24) is 0 Å². The van der Waals surface area contributed by atoms with Gasteiger partial charge in [0.1, 0.15) is 0 Å². The first-order valence-electron chi connectivity index (χ1n) is 24.5. The normalized spacial score (nSPS) is 10.9. The zero-order valence-corrected chi connectivity index (χ0v) is 42.2. The first-order valence-corrected chi connectivity index (χ1v) is 24.5. The van der Waals surface area contributed by atoms with E-state index in [4.69, 9.17) is 0 Å². The molecule has 0 fully saturated rings. The number of carboxylic acid groups (broad SMARTS) is 2. The van der Waals surface area contributed by atoms with E-state index in [9.17, 15) is 30.0 Å². The van der Waals surface area contributed by atoms with Crippen molar-refractivity contribution in [2.75, 3.05) is 0 Å². The number of hydrogen-bond acceptors (Lipinski definition) is 6. The molecule has 0 aliphatic heterocycles. The predicted molar refractivity (Wildman–Crippen MR) is 249 cm³/mol. The summed E-state index contributed by atoms with van der Waals surface area (Å²) < 4.78 is 0. The minimum absolute atomic E-state index is 0. The van der Waals surface area contributed by atoms with E-state index in [1.54, 1.807) is 26.0 Å². The van der Waals surface area contributed by atoms with E-state index in [0.29, 0.717) is 0 Å². The molecule has 0 unspecified atom stereocenters. The van der Waals surface area contributed by atoms with Gasteiger partial charge in [-0.1, -0.05) is 264 Å². The Kier molecular flexibility index (Phi) is 46.0. The topological polar surface area (TPSA) is 126 Å². The Balaban J connectivity index is -0.000000787. The van der Waals surface area contributed by atoms with Crippen molar-refractivity contribution in [3.05, 3.63) is 65.7 Å². The number of carboxylic acids is 2. The van der Waals surface area contributed by atoms with Crippen LogP contribution in [-0.2, 0) is 36.7 Å². The second kappa shape index (κ2) is 44.5. The minimum atomic E-state index is -0.904. The number of carbonyl (C=O) groups is 2. The molecule has 2 aromatic rings. The van der Waals surface area contributed by atoms with Crippen LogP contribution in [0.2, 0.25) is 0 Å². The van der Waals surface area contributed by atoms with Crippen LogP contribution in [0.4, 0.5) is 0 Å². The number of aliphatic carboxylic acids is 2. The van der Waals surface area contributed by atoms with Crippen LogP contribution < -0.4 is 20.4 Å². The van der Waals surface area contributed by atoms with Gasteiger partial charge < -0.3 is 30.0 Å². The van der Waals surface area contributed by atoms with Gasteiger partial charge in [0.25, 0.3) is 0 Å². The molecule has 0 aliphatic carbocycles. The number of hydrogen-bond donors (Lipinski definition) is 0. The van der Waals surface area contributed by atoms with E-state index >= 15 is 0 Å². The molecule has 7 heteroatoms. The van der Waals surface area contributed by atoms with Gasteiger partial charge >= 0.3 is 21.7 Å². The summed E-state index contributed by atoms with van der Waals surface area (Å²) in [5.74, 6) is -0.0204. The van der Waals surface area contributed by atoms with Crippen molar-refractivity contribution in [3.63, 3.8) is 0 Å². The minimum Gasteiger partial charge on any atom is -0.872 e. The molecule has 0 aromatic heterocycles. The zero-order valence-electron chi connectivity index (χ0n) is 40.7. The van der Waals surface area contributed by atoms with Gasteiger partial charge in [0.2, 0.25) is 0 Å². The second-order valence-electron chi connectivity index (χ2n) is 18.7. The standard InChI is InChI=1S/2C18H36O2.C15H16O.C3H7O.Ti/c2*1-17(2)15-13-11-9-7-5-3-4-6-8-10-12-14-16-18(19)20;1-15(2,12-6-4-3-5-7-12)13-8-10-14(16)11-9-13;1-3(2)4;/h2*17H,3-16H2,1-2H3,(H,19,20);3-11,16H,1-2H3;3H,1-2H3;/q;;;-1;+4/p-3. The van der Waals surface area contributed by atoms with Crippen LogP contribution in [0.5, 0.6) is 5.75 Å². The molecule has 0 bridgehead atoms. The van der Waals surface area contributed by atoms with Gasteiger partial charge in [-0.2, -0.15) is 0 Å². The van der Waals surface area contributed by atoms with Gasteiger partial charge in [-0.3, -0.25) is 0 Å². The monoisotopic (exact) mass is 885 g/mol. The fraction of sp³-hybridized carbons (Fsp3) is 0.741. The van der Waals surface area contributed by atoms with Crippen LogP contribution in [0, 0.1) is 11.8 Å². The summed E-state index contributed by atoms with van der Waals surface area (Å²) in [5.41, 5.74) is 2.36. The van der Waals surface area contributed by atoms with Crippen molar-refractivity contribution in [3.8, 4) is 5.75 Å². The van der Waals surface area contributed by atoms with E-state index in [1.807, 2.05) is 30.3 Å². The smallest absolute Gasteiger partial charge is 0.872 e. The molecule has 0 spiro atoms. The quantitative estimate of drug-likeness (QED) is 0.0532. The Morgan fingerprint density at radius 3 is 0.951 bits per heavy atom. The average Bonchev–Trinajstić information content (AvgIpc) is 3.18. The predicted octanol–water partition coefficient (Wildman–Crippen LogP) is 12.5. The molecule has 0 atom stereocenters. The van der Waals surface area contributed by atoms with Crippen molar-refractivity contribution in [2.24, 2.45) is 11.8 Å². The number of carbonyl (C=O) groups excluding carboxylic acids is 2. The molecule has 0 saturated heterocycles. The SMILES string of the molecule is CC(C)(c1ccccc1)c1ccc([O-])cc1.CC(C)CCCCCCCCCCCCCCC(=O)[O-].CC(C)CCCCCCCCCCCCCCC(=O)[O-].CC(C)[O-].[Ti+4]. The molecule has 6 nitrogen and oxygen atoms in total. The van der Waals surface area contributed by atoms with Crippen LogP contribution in [0.25, 0.3) is 0 Å². The van der Waals surface area contributed by atoms with E-state index in [0.717, 1.165) is 37.5 Å². The first-order chi connectivity index (χ1) is 28.6. The maximum absolute atomic E-state index is 11.1. The van der Waals surface area contributed by atoms with Gasteiger partial charge in [0.15, 0.2) is 0 Å². The van der Waals surface area contributed by atoms with Crippen molar-refractivity contribution >= 4 is 11.9 Å². The zero-order chi connectivity index (χ0) is 45.3. The first kappa shape index (κ1) is 63.1. The molecule has 2 rings (SSSR count). The second-order valence-corrected chi connectivity index (χ2v) is 18.7. The molecule has 0 aliphatic rings. The Hall–Kier alpha value is -2.15. The Morgan fingerprint density at radius 1 is 0.443 bits per heavy atom. The number of benzene rings is 2. The van der Waals surface area contributed by atoms with Gasteiger partial charge in [0, 0.05) is 17.4 Å². The summed E-state index contributed by atoms with van der Waals surface area (Å²) in [7, 11) is 0. The fourth-order valence-electron chi connectivity index (χ4n) is 7.07. The van der Waals surface area contributed by atoms with Crippen molar-refractivity contribution in [2.45, 2.75) is 247 Å². The van der Waals surface area contributed by atoms with Gasteiger partial charge in [-0.15, -0.1) is 11.9 Å². The van der Waals surface area contributed by atoms with Gasteiger partial charge in [-0.25, -0.2) is 0 Å². The van der Waals surface area contributed by atoms with Crippen LogP contribution in [0.15, 0.2) is 54.6 Å². The van der Waals surface area contributed by atoms with E-state index in [1.165, 1.54) is 152 Å². The summed E-state index contributed by atoms with van der Waals surface area (Å²) in [6.07, 6.45) is 33.6. The maximum Gasteiger partial charge on any atom is 4.00 e. The summed E-state index contributed by atoms with van der Waals surface area (Å²) in [6.45, 7) is 16.8. The molecule has 348 valence electrons. The summed E-state index contributed by atoms with van der Waals surface area (Å²) in [6, 6.07) is 17.4. The molecule has 2 aromatic carbocycles. The third kappa shape index (κ3) is 47.2. The molecular formula is C54H92O6Ti. The van der Waals surface area contributed by atoms with Crippen LogP contribution in [-0.4, -0.2) is 18.0 Å². The molecule has 0 N–H and O–H groups in total. The molecule has 0 saturated carbocycles. The Bertz CT molecular complexity index is 1160. The maximum atomic E-state index is 11.1. The Morgan fingerprint density at radius 2 is 0.689 bits per heavy atom. The van der Waals surface area contributed by atoms with Crippen LogP contribution in [0.1, 0.15) is 246 Å². The third-order valence-corrected chi connectivity index (χ3v) is 10.9. The van der Waals surface area contributed by atoms with Crippen molar-refractivity contribution < 1.29 is 51.7 Å². The third-order valence-electron chi connectivity index (χ3n) is 10.9. The summed E-state index contributed by atoms with van der Waals surface area (Å²) >= 11 is 0. The summed E-state index contributed by atoms with van der Waals surface area (Å²) in [4.78, 5) is 20.4. The average molecular weight is 885 g/mol. The van der Waals surface area contributed by atoms with E-state index < -0.39 is 18.0 Å².